The molecule has 4 aliphatic heterocycles. The molecule has 4 aromatic carbocycles. The third kappa shape index (κ3) is 10.7. The fourth-order valence-corrected chi connectivity index (χ4v) is 8.88. The number of fused-ring (bicyclic) bond motifs is 4. The average Bonchev–Trinajstić information content (AvgIpc) is 3.50. The van der Waals surface area contributed by atoms with Gasteiger partial charge in [-0.1, -0.05) is 84.9 Å². The Morgan fingerprint density at radius 2 is 0.879 bits per heavy atom. The SMILES string of the molecule is CN1[C@@H]2CC[C@H]1CC(OC(=O)/C(=C\c1ccccc1)c1cccc(N=Nc3cccc(/C(=C/c4ccccc4)C(=O)OC4C[C@H]5CC[C@@H](C4)N5C)c3)c1)C2.Cl.Cl.O.O. The lowest BCUT2D eigenvalue weighted by atomic mass is 9.99. The van der Waals surface area contributed by atoms with Crippen LogP contribution in [0.25, 0.3) is 23.3 Å². The third-order valence-corrected chi connectivity index (χ3v) is 11.9. The summed E-state index contributed by atoms with van der Waals surface area (Å²) in [6.07, 6.45) is 11.7. The molecule has 58 heavy (non-hydrogen) atoms. The highest BCUT2D eigenvalue weighted by atomic mass is 35.5. The summed E-state index contributed by atoms with van der Waals surface area (Å²) in [4.78, 5) is 32.7. The van der Waals surface area contributed by atoms with Crippen molar-refractivity contribution in [3.8, 4) is 0 Å². The molecule has 0 amide bonds. The van der Waals surface area contributed by atoms with Crippen molar-refractivity contribution < 1.29 is 30.0 Å². The van der Waals surface area contributed by atoms with Crippen LogP contribution in [0.2, 0.25) is 0 Å². The summed E-state index contributed by atoms with van der Waals surface area (Å²) in [6, 6.07) is 36.6. The van der Waals surface area contributed by atoms with Crippen molar-refractivity contribution >= 4 is 71.4 Å². The van der Waals surface area contributed by atoms with Crippen molar-refractivity contribution in [2.24, 2.45) is 10.2 Å². The first-order chi connectivity index (χ1) is 26.4. The van der Waals surface area contributed by atoms with Crippen LogP contribution in [-0.4, -0.2) is 83.2 Å². The number of ether oxygens (including phenoxy) is 2. The van der Waals surface area contributed by atoms with Gasteiger partial charge in [-0.2, -0.15) is 10.2 Å². The first-order valence-corrected chi connectivity index (χ1v) is 19.4. The van der Waals surface area contributed by atoms with E-state index in [1.54, 1.807) is 0 Å². The third-order valence-electron chi connectivity index (χ3n) is 11.9. The van der Waals surface area contributed by atoms with Crippen LogP contribution in [0.3, 0.4) is 0 Å². The molecule has 0 saturated carbocycles. The van der Waals surface area contributed by atoms with E-state index in [1.807, 2.05) is 121 Å². The van der Waals surface area contributed by atoms with Crippen LogP contribution in [0.5, 0.6) is 0 Å². The standard InChI is InChI=1S/C46H48N4O4.2ClH.2H2O/c1-49-37-19-20-38(49)28-41(27-37)53-45(51)43(23-31-11-5-3-6-12-31)33-15-9-17-35(25-33)47-48-36-18-10-16-34(26-36)44(24-32-13-7-4-8-14-32)46(52)54-42-29-39-21-22-40(30-42)50(39)2;;;;/h3-18,23-26,37-42H,19-22,27-30H2,1-2H3;2*1H;2*1H2/b43-23-,44-24-,48-47?;;;;/t37-,38+,39-,40+,41?,42?;;;;. The number of carbonyl (C=O) groups excluding carboxylic acids is 2. The second-order valence-corrected chi connectivity index (χ2v) is 15.3. The van der Waals surface area contributed by atoms with E-state index in [9.17, 15) is 9.59 Å². The Bertz CT molecular complexity index is 1910. The first kappa shape index (κ1) is 46.0. The Morgan fingerprint density at radius 1 is 0.534 bits per heavy atom. The van der Waals surface area contributed by atoms with Crippen molar-refractivity contribution in [3.05, 3.63) is 131 Å². The van der Waals surface area contributed by atoms with Crippen LogP contribution in [-0.2, 0) is 19.1 Å². The van der Waals surface area contributed by atoms with Gasteiger partial charge in [0.2, 0.25) is 0 Å². The van der Waals surface area contributed by atoms with Crippen LogP contribution in [0.1, 0.15) is 73.6 Å². The van der Waals surface area contributed by atoms with Gasteiger partial charge in [-0.15, -0.1) is 24.8 Å². The largest absolute Gasteiger partial charge is 0.459 e. The van der Waals surface area contributed by atoms with Gasteiger partial charge in [-0.05, 0) is 98.4 Å². The van der Waals surface area contributed by atoms with Gasteiger partial charge < -0.3 is 30.2 Å². The van der Waals surface area contributed by atoms with E-state index in [0.29, 0.717) is 57.8 Å². The molecule has 4 saturated heterocycles. The topological polar surface area (TPSA) is 147 Å². The Hall–Kier alpha value is -4.68. The minimum absolute atomic E-state index is 0. The summed E-state index contributed by atoms with van der Waals surface area (Å²) in [7, 11) is 4.37. The first-order valence-electron chi connectivity index (χ1n) is 19.4. The summed E-state index contributed by atoms with van der Waals surface area (Å²) in [5, 5.41) is 9.18. The lowest BCUT2D eigenvalue weighted by molar-refractivity contribution is -0.145. The number of piperidine rings is 2. The van der Waals surface area contributed by atoms with Crippen molar-refractivity contribution in [2.75, 3.05) is 14.1 Å². The number of halogens is 2. The maximum Gasteiger partial charge on any atom is 0.339 e. The van der Waals surface area contributed by atoms with E-state index >= 15 is 0 Å². The molecule has 2 unspecified atom stereocenters. The predicted molar refractivity (Wildman–Crippen MR) is 235 cm³/mol. The highest BCUT2D eigenvalue weighted by molar-refractivity contribution is 6.22. The van der Waals surface area contributed by atoms with Crippen molar-refractivity contribution in [1.29, 1.82) is 0 Å². The zero-order chi connectivity index (χ0) is 37.0. The zero-order valence-electron chi connectivity index (χ0n) is 32.9. The van der Waals surface area contributed by atoms with E-state index < -0.39 is 0 Å². The number of benzene rings is 4. The molecule has 0 aliphatic carbocycles. The quantitative estimate of drug-likeness (QED) is 0.0676. The van der Waals surface area contributed by atoms with Crippen LogP contribution in [0, 0.1) is 0 Å². The monoisotopic (exact) mass is 828 g/mol. The zero-order valence-corrected chi connectivity index (χ0v) is 34.5. The average molecular weight is 830 g/mol. The molecule has 12 heteroatoms. The van der Waals surface area contributed by atoms with Gasteiger partial charge in [0.05, 0.1) is 22.5 Å². The Balaban J connectivity index is 0.00000186. The minimum Gasteiger partial charge on any atom is -0.459 e. The molecule has 4 heterocycles. The van der Waals surface area contributed by atoms with Gasteiger partial charge in [0, 0.05) is 49.9 Å². The molecule has 4 N–H and O–H groups in total. The molecular weight excluding hydrogens is 775 g/mol. The Morgan fingerprint density at radius 3 is 1.22 bits per heavy atom. The van der Waals surface area contributed by atoms with E-state index in [1.165, 1.54) is 0 Å². The molecule has 4 aliphatic rings. The molecule has 0 aromatic heterocycles. The van der Waals surface area contributed by atoms with Crippen LogP contribution in [0.15, 0.2) is 119 Å². The predicted octanol–water partition coefficient (Wildman–Crippen LogP) is 8.71. The molecule has 0 radical (unpaired) electrons. The van der Waals surface area contributed by atoms with E-state index in [0.717, 1.165) is 62.5 Å². The highest BCUT2D eigenvalue weighted by Gasteiger charge is 2.41. The number of esters is 2. The van der Waals surface area contributed by atoms with Gasteiger partial charge >= 0.3 is 11.9 Å². The second-order valence-electron chi connectivity index (χ2n) is 15.3. The van der Waals surface area contributed by atoms with Gasteiger partial charge in [0.25, 0.3) is 0 Å². The maximum atomic E-state index is 13.9. The summed E-state index contributed by atoms with van der Waals surface area (Å²) < 4.78 is 12.4. The molecule has 6 atom stereocenters. The van der Waals surface area contributed by atoms with Crippen molar-refractivity contribution in [2.45, 2.75) is 87.7 Å². The number of hydrogen-bond donors (Lipinski definition) is 0. The lowest BCUT2D eigenvalue weighted by Gasteiger charge is -2.35. The van der Waals surface area contributed by atoms with Crippen molar-refractivity contribution in [3.63, 3.8) is 0 Å². The number of rotatable bonds is 10. The molecule has 10 nitrogen and oxygen atoms in total. The number of carbonyl (C=O) groups is 2. The number of azo groups is 1. The van der Waals surface area contributed by atoms with Gasteiger partial charge in [0.1, 0.15) is 12.2 Å². The maximum absolute atomic E-state index is 13.9. The van der Waals surface area contributed by atoms with Gasteiger partial charge in [-0.25, -0.2) is 9.59 Å². The van der Waals surface area contributed by atoms with E-state index in [4.69, 9.17) is 9.47 Å². The summed E-state index contributed by atoms with van der Waals surface area (Å²) in [5.41, 5.74) is 5.41. The summed E-state index contributed by atoms with van der Waals surface area (Å²) >= 11 is 0. The molecular formula is C46H54Cl2N4O6. The molecule has 0 spiro atoms. The fourth-order valence-electron chi connectivity index (χ4n) is 8.88. The molecule has 8 rings (SSSR count). The normalized spacial score (nSPS) is 24.1. The lowest BCUT2D eigenvalue weighted by Crippen LogP contribution is -2.43. The van der Waals surface area contributed by atoms with Gasteiger partial charge in [-0.3, -0.25) is 0 Å². The smallest absolute Gasteiger partial charge is 0.339 e. The van der Waals surface area contributed by atoms with Crippen LogP contribution >= 0.6 is 24.8 Å². The molecule has 4 aromatic rings. The summed E-state index contributed by atoms with van der Waals surface area (Å²) in [5.74, 6) is -0.653. The van der Waals surface area contributed by atoms with Gasteiger partial charge in [0.15, 0.2) is 0 Å². The second kappa shape index (κ2) is 20.8. The Labute approximate surface area is 353 Å². The fraction of sp³-hybridized carbons (Fsp3) is 0.348. The van der Waals surface area contributed by atoms with Crippen LogP contribution in [0.4, 0.5) is 11.4 Å². The number of hydrogen-bond acceptors (Lipinski definition) is 8. The molecule has 308 valence electrons. The van der Waals surface area contributed by atoms with E-state index in [-0.39, 0.29) is 59.9 Å². The van der Waals surface area contributed by atoms with Crippen LogP contribution < -0.4 is 0 Å². The minimum atomic E-state index is -0.327. The van der Waals surface area contributed by atoms with E-state index in [2.05, 4.69) is 34.1 Å². The molecule has 4 bridgehead atoms. The Kier molecular flexibility index (Phi) is 16.5. The summed E-state index contributed by atoms with van der Waals surface area (Å²) in [6.45, 7) is 0. The number of nitrogens with zero attached hydrogens (tertiary/aromatic N) is 4. The molecule has 4 fully saturated rings. The van der Waals surface area contributed by atoms with Crippen molar-refractivity contribution in [1.82, 2.24) is 9.80 Å². The highest BCUT2D eigenvalue weighted by Crippen LogP contribution is 2.38.